The Balaban J connectivity index is 2.13. The predicted molar refractivity (Wildman–Crippen MR) is 75.9 cm³/mol. The van der Waals surface area contributed by atoms with Gasteiger partial charge >= 0.3 is 6.18 Å². The lowest BCUT2D eigenvalue weighted by Crippen LogP contribution is -2.09. The minimum atomic E-state index is -4.38. The molecule has 21 heavy (non-hydrogen) atoms. The van der Waals surface area contributed by atoms with Crippen molar-refractivity contribution in [3.63, 3.8) is 0 Å². The first-order valence-electron chi connectivity index (χ1n) is 7.19. The molecule has 1 aliphatic rings. The van der Waals surface area contributed by atoms with Crippen molar-refractivity contribution in [2.24, 2.45) is 0 Å². The van der Waals surface area contributed by atoms with Gasteiger partial charge in [-0.2, -0.15) is 13.2 Å². The van der Waals surface area contributed by atoms with Gasteiger partial charge in [-0.3, -0.25) is 4.98 Å². The number of aromatic nitrogens is 1. The smallest absolute Gasteiger partial charge is 0.256 e. The van der Waals surface area contributed by atoms with Gasteiger partial charge in [0.1, 0.15) is 0 Å². The molecule has 0 bridgehead atoms. The molecule has 0 amide bonds. The van der Waals surface area contributed by atoms with Crippen LogP contribution in [0, 0.1) is 0 Å². The Morgan fingerprint density at radius 1 is 0.952 bits per heavy atom. The van der Waals surface area contributed by atoms with Crippen LogP contribution in [0.15, 0.2) is 42.6 Å². The molecule has 1 heterocycles. The number of nitrogens with zero attached hydrogens (tertiary/aromatic N) is 1. The number of rotatable bonds is 2. The number of hydrogen-bond acceptors (Lipinski definition) is 1. The molecule has 2 aromatic rings. The number of hydrogen-bond donors (Lipinski definition) is 0. The van der Waals surface area contributed by atoms with Crippen molar-refractivity contribution in [1.82, 2.24) is 4.98 Å². The Hall–Kier alpha value is -1.84. The molecular weight excluding hydrogens is 275 g/mol. The van der Waals surface area contributed by atoms with Gasteiger partial charge in [0.15, 0.2) is 0 Å². The van der Waals surface area contributed by atoms with Crippen molar-refractivity contribution in [3.8, 4) is 11.3 Å². The highest BCUT2D eigenvalue weighted by Gasteiger charge is 2.35. The average Bonchev–Trinajstić information content (AvgIpc) is 3.00. The van der Waals surface area contributed by atoms with Gasteiger partial charge in [-0.05, 0) is 36.5 Å². The van der Waals surface area contributed by atoms with Crippen molar-refractivity contribution in [2.75, 3.05) is 0 Å². The van der Waals surface area contributed by atoms with Gasteiger partial charge in [-0.1, -0.05) is 37.1 Å². The Bertz CT molecular complexity index is 628. The molecule has 0 unspecified atom stereocenters. The topological polar surface area (TPSA) is 12.9 Å². The molecular formula is C17H16F3N. The highest BCUT2D eigenvalue weighted by molar-refractivity contribution is 5.68. The average molecular weight is 291 g/mol. The third-order valence-electron chi connectivity index (χ3n) is 4.12. The number of pyridine rings is 1. The fraction of sp³-hybridized carbons (Fsp3) is 0.353. The van der Waals surface area contributed by atoms with E-state index in [0.717, 1.165) is 37.3 Å². The van der Waals surface area contributed by atoms with Gasteiger partial charge in [0, 0.05) is 11.8 Å². The molecule has 0 spiro atoms. The SMILES string of the molecule is FC(F)(F)c1cccnc1-c1ccccc1C1CCCC1. The Labute approximate surface area is 121 Å². The normalized spacial score (nSPS) is 16.3. The van der Waals surface area contributed by atoms with E-state index in [1.165, 1.54) is 12.3 Å². The molecule has 1 fully saturated rings. The third-order valence-corrected chi connectivity index (χ3v) is 4.12. The van der Waals surface area contributed by atoms with Gasteiger partial charge in [0.2, 0.25) is 0 Å². The first-order valence-corrected chi connectivity index (χ1v) is 7.19. The van der Waals surface area contributed by atoms with Gasteiger partial charge in [-0.25, -0.2) is 0 Å². The van der Waals surface area contributed by atoms with E-state index >= 15 is 0 Å². The largest absolute Gasteiger partial charge is 0.418 e. The molecule has 110 valence electrons. The van der Waals surface area contributed by atoms with Crippen LogP contribution in [0.25, 0.3) is 11.3 Å². The summed E-state index contributed by atoms with van der Waals surface area (Å²) in [6.07, 6.45) is 1.43. The lowest BCUT2D eigenvalue weighted by molar-refractivity contribution is -0.137. The van der Waals surface area contributed by atoms with E-state index in [1.54, 1.807) is 12.1 Å². The quantitative estimate of drug-likeness (QED) is 0.719. The fourth-order valence-electron chi connectivity index (χ4n) is 3.15. The Morgan fingerprint density at radius 2 is 1.67 bits per heavy atom. The van der Waals surface area contributed by atoms with Crippen LogP contribution in [0.2, 0.25) is 0 Å². The summed E-state index contributed by atoms with van der Waals surface area (Å²) in [6, 6.07) is 9.82. The zero-order chi connectivity index (χ0) is 14.9. The standard InChI is InChI=1S/C17H16F3N/c18-17(19,20)15-10-5-11-21-16(15)14-9-4-3-8-13(14)12-6-1-2-7-12/h3-5,8-12H,1-2,6-7H2. The summed E-state index contributed by atoms with van der Waals surface area (Å²) >= 11 is 0. The molecule has 0 radical (unpaired) electrons. The van der Waals surface area contributed by atoms with Crippen LogP contribution >= 0.6 is 0 Å². The second-order valence-electron chi connectivity index (χ2n) is 5.47. The molecule has 4 heteroatoms. The second-order valence-corrected chi connectivity index (χ2v) is 5.47. The molecule has 0 N–H and O–H groups in total. The molecule has 0 atom stereocenters. The molecule has 1 aromatic carbocycles. The van der Waals surface area contributed by atoms with E-state index in [4.69, 9.17) is 0 Å². The zero-order valence-corrected chi connectivity index (χ0v) is 11.5. The maximum absolute atomic E-state index is 13.2. The van der Waals surface area contributed by atoms with Crippen molar-refractivity contribution < 1.29 is 13.2 Å². The minimum absolute atomic E-state index is 0.0486. The molecule has 1 aliphatic carbocycles. The molecule has 1 saturated carbocycles. The van der Waals surface area contributed by atoms with Gasteiger partial charge in [0.25, 0.3) is 0 Å². The van der Waals surface area contributed by atoms with Crippen molar-refractivity contribution in [1.29, 1.82) is 0 Å². The predicted octanol–water partition coefficient (Wildman–Crippen LogP) is 5.43. The summed E-state index contributed by atoms with van der Waals surface area (Å²) in [6.45, 7) is 0. The van der Waals surface area contributed by atoms with Crippen LogP contribution in [0.5, 0.6) is 0 Å². The lowest BCUT2D eigenvalue weighted by Gasteiger charge is -2.18. The first kappa shape index (κ1) is 14.1. The molecule has 0 saturated heterocycles. The first-order chi connectivity index (χ1) is 10.1. The highest BCUT2D eigenvalue weighted by Crippen LogP contribution is 2.42. The summed E-state index contributed by atoms with van der Waals surface area (Å²) in [5.41, 5.74) is 1.01. The van der Waals surface area contributed by atoms with Gasteiger partial charge in [0.05, 0.1) is 11.3 Å². The van der Waals surface area contributed by atoms with E-state index < -0.39 is 11.7 Å². The highest BCUT2D eigenvalue weighted by atomic mass is 19.4. The summed E-state index contributed by atoms with van der Waals surface area (Å²) in [4.78, 5) is 4.03. The Morgan fingerprint density at radius 3 is 2.38 bits per heavy atom. The van der Waals surface area contributed by atoms with Crippen LogP contribution in [0.3, 0.4) is 0 Å². The van der Waals surface area contributed by atoms with Crippen molar-refractivity contribution in [2.45, 2.75) is 37.8 Å². The minimum Gasteiger partial charge on any atom is -0.256 e. The van der Waals surface area contributed by atoms with Gasteiger partial charge < -0.3 is 0 Å². The monoisotopic (exact) mass is 291 g/mol. The van der Waals surface area contributed by atoms with E-state index in [1.807, 2.05) is 12.1 Å². The third kappa shape index (κ3) is 2.80. The molecule has 3 rings (SSSR count). The van der Waals surface area contributed by atoms with E-state index in [2.05, 4.69) is 4.98 Å². The summed E-state index contributed by atoms with van der Waals surface area (Å²) in [7, 11) is 0. The molecule has 1 nitrogen and oxygen atoms in total. The van der Waals surface area contributed by atoms with E-state index in [9.17, 15) is 13.2 Å². The second kappa shape index (κ2) is 5.51. The van der Waals surface area contributed by atoms with Crippen LogP contribution in [-0.2, 0) is 6.18 Å². The van der Waals surface area contributed by atoms with E-state index in [-0.39, 0.29) is 5.69 Å². The maximum Gasteiger partial charge on any atom is 0.418 e. The summed E-state index contributed by atoms with van der Waals surface area (Å²) in [5.74, 6) is 0.351. The fourth-order valence-corrected chi connectivity index (χ4v) is 3.15. The maximum atomic E-state index is 13.2. The molecule has 1 aromatic heterocycles. The lowest BCUT2D eigenvalue weighted by atomic mass is 9.90. The number of halogens is 3. The number of alkyl halides is 3. The van der Waals surface area contributed by atoms with E-state index in [0.29, 0.717) is 11.5 Å². The summed E-state index contributed by atoms with van der Waals surface area (Å²) in [5, 5.41) is 0. The number of benzene rings is 1. The van der Waals surface area contributed by atoms with Crippen LogP contribution in [0.1, 0.15) is 42.7 Å². The zero-order valence-electron chi connectivity index (χ0n) is 11.5. The van der Waals surface area contributed by atoms with Crippen LogP contribution in [-0.4, -0.2) is 4.98 Å². The Kier molecular flexibility index (Phi) is 3.70. The van der Waals surface area contributed by atoms with Crippen molar-refractivity contribution >= 4 is 0 Å². The van der Waals surface area contributed by atoms with Crippen LogP contribution < -0.4 is 0 Å². The van der Waals surface area contributed by atoms with Crippen molar-refractivity contribution in [3.05, 3.63) is 53.7 Å². The summed E-state index contributed by atoms with van der Waals surface area (Å²) < 4.78 is 39.6. The molecule has 0 aliphatic heterocycles. The van der Waals surface area contributed by atoms with Gasteiger partial charge in [-0.15, -0.1) is 0 Å². The van der Waals surface area contributed by atoms with Crippen LogP contribution in [0.4, 0.5) is 13.2 Å².